The van der Waals surface area contributed by atoms with Crippen molar-refractivity contribution in [2.45, 2.75) is 6.04 Å². The fraction of sp³-hybridized carbons (Fsp3) is 0.0455. The molecule has 0 saturated carbocycles. The number of benzene rings is 2. The van der Waals surface area contributed by atoms with Crippen molar-refractivity contribution in [1.29, 1.82) is 0 Å². The highest BCUT2D eigenvalue weighted by Crippen LogP contribution is 2.45. The molecular weight excluding hydrogens is 496 g/mol. The number of hydrogen-bond donors (Lipinski definition) is 1. The molecule has 1 amide bonds. The maximum absolute atomic E-state index is 13.2. The van der Waals surface area contributed by atoms with Gasteiger partial charge in [-0.2, -0.15) is 0 Å². The van der Waals surface area contributed by atoms with E-state index in [-0.39, 0.29) is 27.6 Å². The van der Waals surface area contributed by atoms with Crippen molar-refractivity contribution in [2.24, 2.45) is 0 Å². The Hall–Kier alpha value is -4.49. The van der Waals surface area contributed by atoms with Crippen molar-refractivity contribution in [3.63, 3.8) is 0 Å². The number of nitro benzene ring substituents is 2. The van der Waals surface area contributed by atoms with Gasteiger partial charge in [-0.05, 0) is 29.6 Å². The van der Waals surface area contributed by atoms with Gasteiger partial charge < -0.3 is 5.11 Å². The van der Waals surface area contributed by atoms with Crippen LogP contribution in [0.3, 0.4) is 0 Å². The van der Waals surface area contributed by atoms with Crippen LogP contribution in [-0.2, 0) is 9.59 Å². The second-order valence-electron chi connectivity index (χ2n) is 7.39. The predicted molar refractivity (Wildman–Crippen MR) is 128 cm³/mol. The normalized spacial score (nSPS) is 17.3. The number of Topliss-reactive ketones (excluding diaryl/α,β-unsaturated/α-hetero) is 1. The van der Waals surface area contributed by atoms with Gasteiger partial charge in [-0.25, -0.2) is 4.98 Å². The quantitative estimate of drug-likeness (QED) is 0.132. The van der Waals surface area contributed by atoms with Crippen LogP contribution in [0.25, 0.3) is 16.0 Å². The number of aliphatic hydroxyl groups excluding tert-OH is 1. The van der Waals surface area contributed by atoms with Crippen molar-refractivity contribution >= 4 is 66.8 Å². The van der Waals surface area contributed by atoms with E-state index >= 15 is 0 Å². The average Bonchev–Trinajstić information content (AvgIpc) is 3.57. The lowest BCUT2D eigenvalue weighted by atomic mass is 10.00. The largest absolute Gasteiger partial charge is 0.507 e. The van der Waals surface area contributed by atoms with Gasteiger partial charge in [0.15, 0.2) is 5.13 Å². The molecule has 1 N–H and O–H groups in total. The highest BCUT2D eigenvalue weighted by molar-refractivity contribution is 7.22. The molecule has 11 nitrogen and oxygen atoms in total. The molecule has 1 fully saturated rings. The molecule has 0 spiro atoms. The summed E-state index contributed by atoms with van der Waals surface area (Å²) in [4.78, 5) is 53.4. The number of thiophene rings is 1. The van der Waals surface area contributed by atoms with Gasteiger partial charge in [0, 0.05) is 34.7 Å². The van der Waals surface area contributed by atoms with Gasteiger partial charge in [-0.1, -0.05) is 17.4 Å². The minimum atomic E-state index is -0.999. The Morgan fingerprint density at radius 2 is 1.69 bits per heavy atom. The average molecular weight is 508 g/mol. The Morgan fingerprint density at radius 3 is 2.31 bits per heavy atom. The third-order valence-electron chi connectivity index (χ3n) is 5.39. The lowest BCUT2D eigenvalue weighted by Gasteiger charge is -2.21. The molecule has 0 aliphatic carbocycles. The van der Waals surface area contributed by atoms with E-state index in [0.717, 1.165) is 11.3 Å². The maximum atomic E-state index is 13.2. The Kier molecular flexibility index (Phi) is 5.34. The summed E-state index contributed by atoms with van der Waals surface area (Å²) in [6.07, 6.45) is 0. The van der Waals surface area contributed by atoms with Crippen molar-refractivity contribution in [1.82, 2.24) is 4.98 Å². The number of carbonyl (C=O) groups excluding carboxylic acids is 2. The maximum Gasteiger partial charge on any atom is 0.301 e. The summed E-state index contributed by atoms with van der Waals surface area (Å²) in [6.45, 7) is 0. The molecular formula is C22H12N4O7S2. The summed E-state index contributed by atoms with van der Waals surface area (Å²) in [5.41, 5.74) is 0.0347. The molecule has 1 atom stereocenters. The van der Waals surface area contributed by atoms with Gasteiger partial charge in [-0.15, -0.1) is 11.3 Å². The molecule has 174 valence electrons. The highest BCUT2D eigenvalue weighted by Gasteiger charge is 2.48. The summed E-state index contributed by atoms with van der Waals surface area (Å²) in [6, 6.07) is 11.5. The van der Waals surface area contributed by atoms with Gasteiger partial charge in [0.05, 0.1) is 25.6 Å². The van der Waals surface area contributed by atoms with Gasteiger partial charge in [-0.3, -0.25) is 34.7 Å². The van der Waals surface area contributed by atoms with Crippen molar-refractivity contribution < 1.29 is 24.5 Å². The zero-order valence-electron chi connectivity index (χ0n) is 17.4. The number of hydrogen-bond acceptors (Lipinski definition) is 10. The number of thiazole rings is 1. The monoisotopic (exact) mass is 508 g/mol. The minimum absolute atomic E-state index is 0.134. The Morgan fingerprint density at radius 1 is 1.00 bits per heavy atom. The van der Waals surface area contributed by atoms with Gasteiger partial charge in [0.2, 0.25) is 0 Å². The van der Waals surface area contributed by atoms with Gasteiger partial charge in [0.25, 0.3) is 17.2 Å². The first kappa shape index (κ1) is 22.3. The molecule has 1 unspecified atom stereocenters. The lowest BCUT2D eigenvalue weighted by Crippen LogP contribution is -2.28. The van der Waals surface area contributed by atoms with Crippen molar-refractivity contribution in [3.05, 3.63) is 96.2 Å². The SMILES string of the molecule is O=C1C(=O)N(c2nc3ccc([N+](=O)[O-])cc3s2)C(c2cccs2)/C1=C(\O)c1ccc([N+](=O)[O-])cc1. The number of rotatable bonds is 5. The number of amides is 1. The first-order valence-corrected chi connectivity index (χ1v) is 11.6. The summed E-state index contributed by atoms with van der Waals surface area (Å²) in [5, 5.41) is 35.0. The Labute approximate surface area is 203 Å². The number of carbonyl (C=O) groups is 2. The minimum Gasteiger partial charge on any atom is -0.507 e. The molecule has 5 rings (SSSR count). The van der Waals surface area contributed by atoms with Crippen LogP contribution < -0.4 is 4.90 Å². The predicted octanol–water partition coefficient (Wildman–Crippen LogP) is 4.80. The molecule has 2 aromatic heterocycles. The fourth-order valence-electron chi connectivity index (χ4n) is 3.76. The summed E-state index contributed by atoms with van der Waals surface area (Å²) < 4.78 is 0.455. The smallest absolute Gasteiger partial charge is 0.301 e. The topological polar surface area (TPSA) is 157 Å². The van der Waals surface area contributed by atoms with Crippen LogP contribution in [0.4, 0.5) is 16.5 Å². The van der Waals surface area contributed by atoms with Crippen LogP contribution in [0.1, 0.15) is 16.5 Å². The number of aliphatic hydroxyl groups is 1. The number of anilines is 1. The standard InChI is InChI=1S/C22H12N4O7S2/c27-19(11-3-5-12(6-4-11)25(30)31)17-18(15-2-1-9-34-15)24(21(29)20(17)28)22-23-14-8-7-13(26(32)33)10-16(14)35-22/h1-10,18,27H/b19-17+. The van der Waals surface area contributed by atoms with E-state index in [0.29, 0.717) is 15.1 Å². The van der Waals surface area contributed by atoms with Gasteiger partial charge in [0.1, 0.15) is 11.8 Å². The first-order chi connectivity index (χ1) is 16.8. The van der Waals surface area contributed by atoms with Crippen molar-refractivity contribution in [2.75, 3.05) is 4.90 Å². The number of nitrogens with zero attached hydrogens (tertiary/aromatic N) is 4. The molecule has 1 aliphatic heterocycles. The first-order valence-electron chi connectivity index (χ1n) is 9.90. The molecule has 2 aromatic carbocycles. The highest BCUT2D eigenvalue weighted by atomic mass is 32.1. The number of fused-ring (bicyclic) bond motifs is 1. The third-order valence-corrected chi connectivity index (χ3v) is 7.33. The zero-order valence-corrected chi connectivity index (χ0v) is 19.0. The van der Waals surface area contributed by atoms with E-state index in [9.17, 15) is 34.9 Å². The molecule has 0 bridgehead atoms. The molecule has 35 heavy (non-hydrogen) atoms. The van der Waals surface area contributed by atoms with E-state index in [1.165, 1.54) is 58.7 Å². The van der Waals surface area contributed by atoms with Gasteiger partial charge >= 0.3 is 5.91 Å². The molecule has 1 saturated heterocycles. The van der Waals surface area contributed by atoms with Crippen LogP contribution in [0.15, 0.2) is 65.6 Å². The van der Waals surface area contributed by atoms with Crippen LogP contribution >= 0.6 is 22.7 Å². The Bertz CT molecular complexity index is 1560. The summed E-state index contributed by atoms with van der Waals surface area (Å²) >= 11 is 2.28. The van der Waals surface area contributed by atoms with Crippen LogP contribution in [0, 0.1) is 20.2 Å². The third kappa shape index (κ3) is 3.72. The van der Waals surface area contributed by atoms with E-state index in [4.69, 9.17) is 0 Å². The molecule has 3 heterocycles. The van der Waals surface area contributed by atoms with E-state index < -0.39 is 33.3 Å². The van der Waals surface area contributed by atoms with E-state index in [1.54, 1.807) is 17.5 Å². The molecule has 13 heteroatoms. The molecule has 1 aliphatic rings. The van der Waals surface area contributed by atoms with Crippen LogP contribution in [0.5, 0.6) is 0 Å². The molecule has 4 aromatic rings. The number of nitro groups is 2. The molecule has 0 radical (unpaired) electrons. The number of aromatic nitrogens is 1. The zero-order chi connectivity index (χ0) is 24.9. The fourth-order valence-corrected chi connectivity index (χ4v) is 5.61. The summed E-state index contributed by atoms with van der Waals surface area (Å²) in [5.74, 6) is -2.33. The van der Waals surface area contributed by atoms with E-state index in [1.807, 2.05) is 0 Å². The van der Waals surface area contributed by atoms with Crippen LogP contribution in [-0.4, -0.2) is 31.6 Å². The number of non-ortho nitro benzene ring substituents is 2. The lowest BCUT2D eigenvalue weighted by molar-refractivity contribution is -0.385. The van der Waals surface area contributed by atoms with Crippen molar-refractivity contribution in [3.8, 4) is 0 Å². The van der Waals surface area contributed by atoms with Crippen LogP contribution in [0.2, 0.25) is 0 Å². The summed E-state index contributed by atoms with van der Waals surface area (Å²) in [7, 11) is 0. The number of ketones is 1. The Balaban J connectivity index is 1.66. The second-order valence-corrected chi connectivity index (χ2v) is 9.38. The van der Waals surface area contributed by atoms with E-state index in [2.05, 4.69) is 4.98 Å². The second kappa shape index (κ2) is 8.38.